The fourth-order valence-electron chi connectivity index (χ4n) is 1.78. The van der Waals surface area contributed by atoms with Gasteiger partial charge in [0.2, 0.25) is 0 Å². The average Bonchev–Trinajstić information content (AvgIpc) is 2.44. The van der Waals surface area contributed by atoms with Crippen molar-refractivity contribution < 1.29 is 26.3 Å². The quantitative estimate of drug-likeness (QED) is 0.493. The van der Waals surface area contributed by atoms with Gasteiger partial charge in [-0.3, -0.25) is 0 Å². The molecule has 0 N–H and O–H groups in total. The highest BCUT2D eigenvalue weighted by molar-refractivity contribution is 5.70. The lowest BCUT2D eigenvalue weighted by atomic mass is 10.0. The van der Waals surface area contributed by atoms with E-state index in [1.807, 2.05) is 0 Å². The zero-order valence-corrected chi connectivity index (χ0v) is 11.0. The Bertz CT molecular complexity index is 633. The molecule has 0 heterocycles. The summed E-state index contributed by atoms with van der Waals surface area (Å²) in [5, 5.41) is 0. The zero-order valence-electron chi connectivity index (χ0n) is 11.0. The highest BCUT2D eigenvalue weighted by atomic mass is 19.4. The number of alkyl halides is 6. The van der Waals surface area contributed by atoms with Gasteiger partial charge >= 0.3 is 12.4 Å². The van der Waals surface area contributed by atoms with E-state index >= 15 is 0 Å². The summed E-state index contributed by atoms with van der Waals surface area (Å²) < 4.78 is 76.2. The molecule has 0 fully saturated rings. The summed E-state index contributed by atoms with van der Waals surface area (Å²) in [7, 11) is 0. The maximum absolute atomic E-state index is 12.7. The average molecular weight is 315 g/mol. The van der Waals surface area contributed by atoms with Crippen molar-refractivity contribution >= 4 is 12.2 Å². The molecule has 0 aromatic heterocycles. The first kappa shape index (κ1) is 16.1. The molecule has 22 heavy (non-hydrogen) atoms. The van der Waals surface area contributed by atoms with Gasteiger partial charge in [-0.2, -0.15) is 26.3 Å². The van der Waals surface area contributed by atoms with Crippen LogP contribution in [0.25, 0.3) is 12.2 Å². The van der Waals surface area contributed by atoms with Crippen LogP contribution in [0.3, 0.4) is 0 Å². The molecule has 6 heteroatoms. The Morgan fingerprint density at radius 1 is 0.682 bits per heavy atom. The summed E-state index contributed by atoms with van der Waals surface area (Å²) in [6.07, 6.45) is -7.04. The van der Waals surface area contributed by atoms with Crippen molar-refractivity contribution in [2.45, 2.75) is 12.4 Å². The molecule has 0 amide bonds. The second-order valence-corrected chi connectivity index (χ2v) is 4.51. The summed E-state index contributed by atoms with van der Waals surface area (Å²) in [4.78, 5) is 0. The molecule has 0 saturated heterocycles. The number of benzene rings is 2. The molecular weight excluding hydrogens is 306 g/mol. The maximum atomic E-state index is 12.7. The van der Waals surface area contributed by atoms with Crippen LogP contribution in [0.4, 0.5) is 26.3 Å². The fraction of sp³-hybridized carbons (Fsp3) is 0.125. The van der Waals surface area contributed by atoms with Gasteiger partial charge in [0.15, 0.2) is 0 Å². The normalized spacial score (nSPS) is 12.8. The third-order valence-electron chi connectivity index (χ3n) is 2.82. The van der Waals surface area contributed by atoms with E-state index in [0.29, 0.717) is 17.7 Å². The molecule has 1 radical (unpaired) electrons. The van der Waals surface area contributed by atoms with Crippen molar-refractivity contribution in [1.29, 1.82) is 0 Å². The first-order chi connectivity index (χ1) is 10.2. The minimum atomic E-state index is -4.84. The van der Waals surface area contributed by atoms with E-state index in [4.69, 9.17) is 0 Å². The van der Waals surface area contributed by atoms with Crippen molar-refractivity contribution in [3.8, 4) is 0 Å². The van der Waals surface area contributed by atoms with Crippen LogP contribution in [-0.4, -0.2) is 0 Å². The Labute approximate surface area is 122 Å². The molecule has 0 aliphatic rings. The van der Waals surface area contributed by atoms with Gasteiger partial charge in [0, 0.05) is 0 Å². The van der Waals surface area contributed by atoms with E-state index < -0.39 is 23.5 Å². The number of hydrogen-bond donors (Lipinski definition) is 0. The number of rotatable bonds is 2. The van der Waals surface area contributed by atoms with Crippen LogP contribution < -0.4 is 0 Å². The fourth-order valence-corrected chi connectivity index (χ4v) is 1.78. The lowest BCUT2D eigenvalue weighted by Crippen LogP contribution is -2.11. The maximum Gasteiger partial charge on any atom is 0.416 e. The zero-order chi connectivity index (χ0) is 16.4. The molecule has 2 aromatic carbocycles. The van der Waals surface area contributed by atoms with Gasteiger partial charge in [0.1, 0.15) is 0 Å². The van der Waals surface area contributed by atoms with E-state index in [0.717, 1.165) is 0 Å². The minimum absolute atomic E-state index is 0.106. The molecule has 0 saturated carbocycles. The molecule has 0 aliphatic carbocycles. The van der Waals surface area contributed by atoms with Crippen LogP contribution in [0.2, 0.25) is 0 Å². The second-order valence-electron chi connectivity index (χ2n) is 4.51. The Hall–Kier alpha value is -2.24. The summed E-state index contributed by atoms with van der Waals surface area (Å²) in [6, 6.07) is 10.7. The van der Waals surface area contributed by atoms with E-state index in [1.165, 1.54) is 12.2 Å². The van der Waals surface area contributed by atoms with Crippen LogP contribution in [0.5, 0.6) is 0 Å². The van der Waals surface area contributed by atoms with Crippen LogP contribution >= 0.6 is 0 Å². The highest BCUT2D eigenvalue weighted by Crippen LogP contribution is 2.36. The SMILES string of the molecule is FC(F)(F)c1cc(/C=C/c2cc[c]cc2)cc(C(F)(F)F)c1. The van der Waals surface area contributed by atoms with E-state index in [9.17, 15) is 26.3 Å². The van der Waals surface area contributed by atoms with Gasteiger partial charge < -0.3 is 0 Å². The largest absolute Gasteiger partial charge is 0.416 e. The van der Waals surface area contributed by atoms with Gasteiger partial charge in [-0.1, -0.05) is 36.4 Å². The van der Waals surface area contributed by atoms with E-state index in [1.54, 1.807) is 24.3 Å². The minimum Gasteiger partial charge on any atom is -0.166 e. The van der Waals surface area contributed by atoms with Crippen molar-refractivity contribution in [2.24, 2.45) is 0 Å². The third-order valence-corrected chi connectivity index (χ3v) is 2.82. The summed E-state index contributed by atoms with van der Waals surface area (Å²) in [5.41, 5.74) is -2.19. The Kier molecular flexibility index (Phi) is 4.30. The molecular formula is C16H9F6. The molecule has 0 nitrogen and oxygen atoms in total. The molecule has 115 valence electrons. The first-order valence-corrected chi connectivity index (χ1v) is 6.10. The monoisotopic (exact) mass is 315 g/mol. The van der Waals surface area contributed by atoms with Crippen molar-refractivity contribution in [3.05, 3.63) is 70.8 Å². The molecule has 0 unspecified atom stereocenters. The van der Waals surface area contributed by atoms with Crippen molar-refractivity contribution in [1.82, 2.24) is 0 Å². The first-order valence-electron chi connectivity index (χ1n) is 6.10. The van der Waals surface area contributed by atoms with Crippen LogP contribution in [0, 0.1) is 6.07 Å². The predicted molar refractivity (Wildman–Crippen MR) is 70.7 cm³/mol. The van der Waals surface area contributed by atoms with Crippen LogP contribution in [0.1, 0.15) is 22.3 Å². The number of hydrogen-bond acceptors (Lipinski definition) is 0. The molecule has 2 rings (SSSR count). The second kappa shape index (κ2) is 5.87. The third kappa shape index (κ3) is 4.13. The lowest BCUT2D eigenvalue weighted by molar-refractivity contribution is -0.143. The number of halogens is 6. The van der Waals surface area contributed by atoms with Gasteiger partial charge in [0.05, 0.1) is 11.1 Å². The molecule has 2 aromatic rings. The van der Waals surface area contributed by atoms with Gasteiger partial charge in [-0.25, -0.2) is 0 Å². The van der Waals surface area contributed by atoms with E-state index in [2.05, 4.69) is 6.07 Å². The standard InChI is InChI=1S/C16H9F6/c17-15(18,19)13-8-12(9-14(10-13)16(20,21)22)7-6-11-4-2-1-3-5-11/h2-10H/b7-6+. The van der Waals surface area contributed by atoms with Crippen molar-refractivity contribution in [2.75, 3.05) is 0 Å². The highest BCUT2D eigenvalue weighted by Gasteiger charge is 2.36. The van der Waals surface area contributed by atoms with Crippen LogP contribution in [-0.2, 0) is 12.4 Å². The summed E-state index contributed by atoms with van der Waals surface area (Å²) in [5.74, 6) is 0. The summed E-state index contributed by atoms with van der Waals surface area (Å²) in [6.45, 7) is 0. The van der Waals surface area contributed by atoms with Gasteiger partial charge in [0.25, 0.3) is 0 Å². The predicted octanol–water partition coefficient (Wildman–Crippen LogP) is 5.69. The molecule has 0 spiro atoms. The molecule has 0 atom stereocenters. The Balaban J connectivity index is 2.45. The van der Waals surface area contributed by atoms with Gasteiger partial charge in [-0.05, 0) is 35.4 Å². The topological polar surface area (TPSA) is 0 Å². The smallest absolute Gasteiger partial charge is 0.166 e. The van der Waals surface area contributed by atoms with Crippen LogP contribution in [0.15, 0.2) is 42.5 Å². The molecule has 0 bridgehead atoms. The van der Waals surface area contributed by atoms with Crippen molar-refractivity contribution in [3.63, 3.8) is 0 Å². The Morgan fingerprint density at radius 3 is 1.59 bits per heavy atom. The van der Waals surface area contributed by atoms with E-state index in [-0.39, 0.29) is 11.6 Å². The molecule has 0 aliphatic heterocycles. The Morgan fingerprint density at radius 2 is 1.14 bits per heavy atom. The summed E-state index contributed by atoms with van der Waals surface area (Å²) >= 11 is 0. The lowest BCUT2D eigenvalue weighted by Gasteiger charge is -2.12. The van der Waals surface area contributed by atoms with Gasteiger partial charge in [-0.15, -0.1) is 0 Å².